The minimum Gasteiger partial charge on any atom is -0.387 e. The fraction of sp³-hybridized carbons (Fsp3) is 0.625. The molecule has 0 spiro atoms. The van der Waals surface area contributed by atoms with Gasteiger partial charge in [-0.1, -0.05) is 0 Å². The second kappa shape index (κ2) is 2.88. The van der Waals surface area contributed by atoms with Crippen LogP contribution in [0.2, 0.25) is 0 Å². The van der Waals surface area contributed by atoms with Crippen molar-refractivity contribution in [2.45, 2.75) is 25.6 Å². The van der Waals surface area contributed by atoms with Crippen LogP contribution in [0.4, 0.5) is 0 Å². The zero-order chi connectivity index (χ0) is 9.35. The number of rotatable bonds is 2. The van der Waals surface area contributed by atoms with E-state index < -0.39 is 11.7 Å². The first-order valence-electron chi connectivity index (χ1n) is 3.81. The van der Waals surface area contributed by atoms with Gasteiger partial charge >= 0.3 is 0 Å². The molecule has 1 heterocycles. The third-order valence-electron chi connectivity index (χ3n) is 1.81. The monoisotopic (exact) mass is 170 g/mol. The van der Waals surface area contributed by atoms with E-state index in [0.29, 0.717) is 5.69 Å². The van der Waals surface area contributed by atoms with Crippen molar-refractivity contribution >= 4 is 0 Å². The van der Waals surface area contributed by atoms with Gasteiger partial charge in [0.2, 0.25) is 0 Å². The van der Waals surface area contributed by atoms with Crippen LogP contribution in [0.5, 0.6) is 0 Å². The number of aryl methyl sites for hydroxylation is 1. The highest BCUT2D eigenvalue weighted by molar-refractivity contribution is 5.07. The molecule has 0 saturated carbocycles. The lowest BCUT2D eigenvalue weighted by atomic mass is 9.99. The maximum absolute atomic E-state index is 9.62. The van der Waals surface area contributed by atoms with Gasteiger partial charge < -0.3 is 10.2 Å². The first kappa shape index (κ1) is 9.22. The molecule has 0 saturated heterocycles. The van der Waals surface area contributed by atoms with Gasteiger partial charge in [-0.3, -0.25) is 4.68 Å². The Balaban J connectivity index is 2.92. The molecule has 12 heavy (non-hydrogen) atoms. The molecule has 0 amide bonds. The van der Waals surface area contributed by atoms with Crippen LogP contribution in [0.3, 0.4) is 0 Å². The summed E-state index contributed by atoms with van der Waals surface area (Å²) >= 11 is 0. The largest absolute Gasteiger partial charge is 0.387 e. The molecule has 0 aliphatic heterocycles. The second-order valence-corrected chi connectivity index (χ2v) is 3.44. The SMILES string of the molecule is Cn1nccc1C(O)C(C)(C)O. The van der Waals surface area contributed by atoms with Crippen LogP contribution in [0, 0.1) is 0 Å². The molecule has 1 unspecified atom stereocenters. The molecule has 0 radical (unpaired) electrons. The van der Waals surface area contributed by atoms with Crippen LogP contribution >= 0.6 is 0 Å². The molecule has 1 aromatic heterocycles. The fourth-order valence-electron chi connectivity index (χ4n) is 1.01. The highest BCUT2D eigenvalue weighted by Crippen LogP contribution is 2.23. The Bertz CT molecular complexity index is 262. The van der Waals surface area contributed by atoms with Gasteiger partial charge in [-0.05, 0) is 19.9 Å². The Labute approximate surface area is 71.5 Å². The third kappa shape index (κ3) is 1.65. The molecule has 0 aliphatic carbocycles. The van der Waals surface area contributed by atoms with E-state index in [4.69, 9.17) is 0 Å². The Morgan fingerprint density at radius 2 is 2.17 bits per heavy atom. The van der Waals surface area contributed by atoms with Crippen LogP contribution in [0.15, 0.2) is 12.3 Å². The zero-order valence-electron chi connectivity index (χ0n) is 7.52. The normalized spacial score (nSPS) is 14.8. The molecule has 0 fully saturated rings. The molecule has 1 aromatic rings. The lowest BCUT2D eigenvalue weighted by Gasteiger charge is -2.24. The Morgan fingerprint density at radius 3 is 2.50 bits per heavy atom. The first-order valence-corrected chi connectivity index (χ1v) is 3.81. The molecule has 1 atom stereocenters. The molecule has 2 N–H and O–H groups in total. The summed E-state index contributed by atoms with van der Waals surface area (Å²) in [4.78, 5) is 0. The molecule has 0 bridgehead atoms. The topological polar surface area (TPSA) is 58.3 Å². The van der Waals surface area contributed by atoms with Gasteiger partial charge in [0.1, 0.15) is 6.10 Å². The number of hydrogen-bond acceptors (Lipinski definition) is 3. The maximum atomic E-state index is 9.62. The number of aromatic nitrogens is 2. The zero-order valence-corrected chi connectivity index (χ0v) is 7.52. The van der Waals surface area contributed by atoms with Crippen LogP contribution < -0.4 is 0 Å². The number of aliphatic hydroxyl groups excluding tert-OH is 1. The van der Waals surface area contributed by atoms with Gasteiger partial charge in [0.25, 0.3) is 0 Å². The maximum Gasteiger partial charge on any atom is 0.124 e. The van der Waals surface area contributed by atoms with Gasteiger partial charge in [0.05, 0.1) is 11.3 Å². The first-order chi connectivity index (χ1) is 5.43. The molecular weight excluding hydrogens is 156 g/mol. The molecule has 4 nitrogen and oxygen atoms in total. The minimum absolute atomic E-state index is 0.613. The van der Waals surface area contributed by atoms with Crippen LogP contribution in [0.1, 0.15) is 25.6 Å². The van der Waals surface area contributed by atoms with Gasteiger partial charge in [0, 0.05) is 13.2 Å². The highest BCUT2D eigenvalue weighted by Gasteiger charge is 2.27. The molecule has 0 aromatic carbocycles. The lowest BCUT2D eigenvalue weighted by molar-refractivity contribution is -0.0534. The standard InChI is InChI=1S/C8H14N2O2/c1-8(2,12)7(11)6-4-5-9-10(6)3/h4-5,7,11-12H,1-3H3. The van der Waals surface area contributed by atoms with Crippen molar-refractivity contribution in [2.24, 2.45) is 7.05 Å². The summed E-state index contributed by atoms with van der Waals surface area (Å²) in [5.41, 5.74) is -0.518. The fourth-order valence-corrected chi connectivity index (χ4v) is 1.01. The number of hydrogen-bond donors (Lipinski definition) is 2. The van der Waals surface area contributed by atoms with Crippen LogP contribution in [-0.2, 0) is 7.05 Å². The van der Waals surface area contributed by atoms with Crippen LogP contribution in [0.25, 0.3) is 0 Å². The minimum atomic E-state index is -1.13. The summed E-state index contributed by atoms with van der Waals surface area (Å²) in [6, 6.07) is 1.68. The Hall–Kier alpha value is -0.870. The molecule has 4 heteroatoms. The lowest BCUT2D eigenvalue weighted by Crippen LogP contribution is -2.30. The predicted molar refractivity (Wildman–Crippen MR) is 44.5 cm³/mol. The van der Waals surface area contributed by atoms with Gasteiger partial charge in [-0.15, -0.1) is 0 Å². The van der Waals surface area contributed by atoms with Crippen molar-refractivity contribution in [3.05, 3.63) is 18.0 Å². The van der Waals surface area contributed by atoms with Crippen molar-refractivity contribution in [1.29, 1.82) is 0 Å². The van der Waals surface area contributed by atoms with E-state index in [1.807, 2.05) is 0 Å². The van der Waals surface area contributed by atoms with Crippen molar-refractivity contribution < 1.29 is 10.2 Å². The van der Waals surface area contributed by atoms with Crippen molar-refractivity contribution in [3.63, 3.8) is 0 Å². The van der Waals surface area contributed by atoms with E-state index >= 15 is 0 Å². The quantitative estimate of drug-likeness (QED) is 0.667. The van der Waals surface area contributed by atoms with E-state index in [9.17, 15) is 10.2 Å². The van der Waals surface area contributed by atoms with Crippen molar-refractivity contribution in [1.82, 2.24) is 9.78 Å². The summed E-state index contributed by atoms with van der Waals surface area (Å²) in [7, 11) is 1.73. The number of nitrogens with zero attached hydrogens (tertiary/aromatic N) is 2. The molecule has 0 aliphatic rings. The van der Waals surface area contributed by atoms with Gasteiger partial charge in [-0.2, -0.15) is 5.10 Å². The second-order valence-electron chi connectivity index (χ2n) is 3.44. The summed E-state index contributed by atoms with van der Waals surface area (Å²) < 4.78 is 1.54. The van der Waals surface area contributed by atoms with E-state index in [2.05, 4.69) is 5.10 Å². The smallest absolute Gasteiger partial charge is 0.124 e. The van der Waals surface area contributed by atoms with Gasteiger partial charge in [-0.25, -0.2) is 0 Å². The number of aliphatic hydroxyl groups is 2. The Morgan fingerprint density at radius 1 is 1.58 bits per heavy atom. The summed E-state index contributed by atoms with van der Waals surface area (Å²) in [6.45, 7) is 3.12. The average Bonchev–Trinajstić information content (AvgIpc) is 2.31. The molecular formula is C8H14N2O2. The summed E-state index contributed by atoms with van der Waals surface area (Å²) in [5.74, 6) is 0. The van der Waals surface area contributed by atoms with E-state index in [-0.39, 0.29) is 0 Å². The summed E-state index contributed by atoms with van der Waals surface area (Å²) in [6.07, 6.45) is 0.689. The summed E-state index contributed by atoms with van der Waals surface area (Å²) in [5, 5.41) is 23.0. The average molecular weight is 170 g/mol. The van der Waals surface area contributed by atoms with Crippen molar-refractivity contribution in [2.75, 3.05) is 0 Å². The van der Waals surface area contributed by atoms with Crippen molar-refractivity contribution in [3.8, 4) is 0 Å². The highest BCUT2D eigenvalue weighted by atomic mass is 16.3. The third-order valence-corrected chi connectivity index (χ3v) is 1.81. The van der Waals surface area contributed by atoms with E-state index in [0.717, 1.165) is 0 Å². The Kier molecular flexibility index (Phi) is 2.21. The van der Waals surface area contributed by atoms with Crippen LogP contribution in [-0.4, -0.2) is 25.6 Å². The predicted octanol–water partition coefficient (Wildman–Crippen LogP) is 0.224. The van der Waals surface area contributed by atoms with E-state index in [1.165, 1.54) is 0 Å². The van der Waals surface area contributed by atoms with E-state index in [1.54, 1.807) is 37.8 Å². The molecule has 1 rings (SSSR count). The molecule has 68 valence electrons. The van der Waals surface area contributed by atoms with Gasteiger partial charge in [0.15, 0.2) is 0 Å².